The van der Waals surface area contributed by atoms with Crippen molar-refractivity contribution in [2.45, 2.75) is 13.8 Å². The number of methoxy groups -OCH3 is 1. The van der Waals surface area contributed by atoms with Crippen LogP contribution in [0.4, 0.5) is 11.5 Å². The first kappa shape index (κ1) is 12.8. The summed E-state index contributed by atoms with van der Waals surface area (Å²) in [5.41, 5.74) is 3.34. The number of nitriles is 1. The fourth-order valence-electron chi connectivity index (χ4n) is 1.77. The lowest BCUT2D eigenvalue weighted by atomic mass is 10.1. The van der Waals surface area contributed by atoms with E-state index in [1.54, 1.807) is 13.2 Å². The standard InChI is InChI=1S/C14H14N4O/c1-9-5-13(19-3)10(2)4-12(9)18-14-6-11(7-15)16-8-17-14/h4-6,8H,1-3H3,(H,16,17,18). The van der Waals surface area contributed by atoms with Crippen LogP contribution in [0.3, 0.4) is 0 Å². The Morgan fingerprint density at radius 2 is 1.95 bits per heavy atom. The molecule has 0 amide bonds. The molecule has 5 heteroatoms. The molecule has 0 aliphatic rings. The maximum Gasteiger partial charge on any atom is 0.145 e. The SMILES string of the molecule is COc1cc(C)c(Nc2cc(C#N)ncn2)cc1C. The van der Waals surface area contributed by atoms with Crippen LogP contribution in [-0.4, -0.2) is 17.1 Å². The monoisotopic (exact) mass is 254 g/mol. The van der Waals surface area contributed by atoms with Gasteiger partial charge in [0.25, 0.3) is 0 Å². The number of nitrogens with one attached hydrogen (secondary N) is 1. The molecule has 96 valence electrons. The molecule has 0 radical (unpaired) electrons. The molecular weight excluding hydrogens is 240 g/mol. The first-order chi connectivity index (χ1) is 9.13. The Morgan fingerprint density at radius 3 is 2.63 bits per heavy atom. The predicted molar refractivity (Wildman–Crippen MR) is 72.5 cm³/mol. The fraction of sp³-hybridized carbons (Fsp3) is 0.214. The highest BCUT2D eigenvalue weighted by molar-refractivity contribution is 5.64. The van der Waals surface area contributed by atoms with Gasteiger partial charge in [-0.25, -0.2) is 9.97 Å². The average molecular weight is 254 g/mol. The molecule has 0 saturated heterocycles. The van der Waals surface area contributed by atoms with Gasteiger partial charge in [-0.3, -0.25) is 0 Å². The van der Waals surface area contributed by atoms with Crippen LogP contribution in [0.5, 0.6) is 5.75 Å². The van der Waals surface area contributed by atoms with Crippen molar-refractivity contribution >= 4 is 11.5 Å². The van der Waals surface area contributed by atoms with Crippen LogP contribution in [-0.2, 0) is 0 Å². The third kappa shape index (κ3) is 2.80. The van der Waals surface area contributed by atoms with Gasteiger partial charge >= 0.3 is 0 Å². The molecule has 19 heavy (non-hydrogen) atoms. The van der Waals surface area contributed by atoms with Crippen molar-refractivity contribution < 1.29 is 4.74 Å². The van der Waals surface area contributed by atoms with Crippen LogP contribution in [0.1, 0.15) is 16.8 Å². The lowest BCUT2D eigenvalue weighted by Gasteiger charge is -2.12. The summed E-state index contributed by atoms with van der Waals surface area (Å²) in [6.45, 7) is 3.96. The van der Waals surface area contributed by atoms with Crippen molar-refractivity contribution in [3.05, 3.63) is 41.3 Å². The van der Waals surface area contributed by atoms with Gasteiger partial charge in [0.15, 0.2) is 0 Å². The topological polar surface area (TPSA) is 70.8 Å². The quantitative estimate of drug-likeness (QED) is 0.911. The minimum atomic E-state index is 0.334. The summed E-state index contributed by atoms with van der Waals surface area (Å²) < 4.78 is 5.27. The Morgan fingerprint density at radius 1 is 1.16 bits per heavy atom. The first-order valence-corrected chi connectivity index (χ1v) is 5.78. The number of anilines is 2. The summed E-state index contributed by atoms with van der Waals surface area (Å²) in [7, 11) is 1.65. The number of nitrogens with zero attached hydrogens (tertiary/aromatic N) is 3. The largest absolute Gasteiger partial charge is 0.496 e. The Hall–Kier alpha value is -2.61. The zero-order valence-corrected chi connectivity index (χ0v) is 11.1. The van der Waals surface area contributed by atoms with Crippen LogP contribution in [0.2, 0.25) is 0 Å². The van der Waals surface area contributed by atoms with Gasteiger partial charge in [0.2, 0.25) is 0 Å². The lowest BCUT2D eigenvalue weighted by Crippen LogP contribution is -1.99. The highest BCUT2D eigenvalue weighted by atomic mass is 16.5. The number of aromatic nitrogens is 2. The van der Waals surface area contributed by atoms with Crippen molar-refractivity contribution in [2.75, 3.05) is 12.4 Å². The maximum atomic E-state index is 8.81. The second kappa shape index (κ2) is 5.36. The molecule has 0 fully saturated rings. The van der Waals surface area contributed by atoms with E-state index in [-0.39, 0.29) is 0 Å². The molecule has 0 atom stereocenters. The van der Waals surface area contributed by atoms with Crippen LogP contribution in [0.15, 0.2) is 24.5 Å². The first-order valence-electron chi connectivity index (χ1n) is 5.78. The molecule has 0 spiro atoms. The maximum absolute atomic E-state index is 8.81. The van der Waals surface area contributed by atoms with Gasteiger partial charge in [-0.2, -0.15) is 5.26 Å². The van der Waals surface area contributed by atoms with E-state index in [4.69, 9.17) is 10.00 Å². The van der Waals surface area contributed by atoms with Gasteiger partial charge in [0.05, 0.1) is 7.11 Å². The van der Waals surface area contributed by atoms with E-state index in [1.807, 2.05) is 32.0 Å². The summed E-state index contributed by atoms with van der Waals surface area (Å²) in [4.78, 5) is 7.93. The van der Waals surface area contributed by atoms with E-state index in [2.05, 4.69) is 15.3 Å². The molecule has 1 N–H and O–H groups in total. The number of rotatable bonds is 3. The smallest absolute Gasteiger partial charge is 0.145 e. The Labute approximate surface area is 111 Å². The number of ether oxygens (including phenoxy) is 1. The van der Waals surface area contributed by atoms with Crippen molar-refractivity contribution in [1.82, 2.24) is 9.97 Å². The number of hydrogen-bond acceptors (Lipinski definition) is 5. The highest BCUT2D eigenvalue weighted by Gasteiger charge is 2.06. The zero-order chi connectivity index (χ0) is 13.8. The second-order valence-electron chi connectivity index (χ2n) is 4.16. The molecule has 0 unspecified atom stereocenters. The van der Waals surface area contributed by atoms with Crippen molar-refractivity contribution in [3.63, 3.8) is 0 Å². The molecule has 0 aliphatic carbocycles. The summed E-state index contributed by atoms with van der Waals surface area (Å²) in [6.07, 6.45) is 1.37. The molecule has 1 heterocycles. The summed E-state index contributed by atoms with van der Waals surface area (Å²) in [5, 5.41) is 12.0. The molecule has 2 aromatic rings. The number of aryl methyl sites for hydroxylation is 2. The van der Waals surface area contributed by atoms with Gasteiger partial charge in [0, 0.05) is 11.8 Å². The van der Waals surface area contributed by atoms with E-state index in [0.29, 0.717) is 11.5 Å². The van der Waals surface area contributed by atoms with Crippen molar-refractivity contribution in [3.8, 4) is 11.8 Å². The van der Waals surface area contributed by atoms with Crippen molar-refractivity contribution in [2.24, 2.45) is 0 Å². The summed E-state index contributed by atoms with van der Waals surface area (Å²) in [5.74, 6) is 1.45. The third-order valence-corrected chi connectivity index (χ3v) is 2.79. The van der Waals surface area contributed by atoms with E-state index in [9.17, 15) is 0 Å². The number of benzene rings is 1. The fourth-order valence-corrected chi connectivity index (χ4v) is 1.77. The molecule has 0 bridgehead atoms. The lowest BCUT2D eigenvalue weighted by molar-refractivity contribution is 0.411. The second-order valence-corrected chi connectivity index (χ2v) is 4.16. The minimum Gasteiger partial charge on any atom is -0.496 e. The average Bonchev–Trinajstić information content (AvgIpc) is 2.42. The van der Waals surface area contributed by atoms with Crippen LogP contribution < -0.4 is 10.1 Å². The molecular formula is C14H14N4O. The molecule has 5 nitrogen and oxygen atoms in total. The Kier molecular flexibility index (Phi) is 3.62. The van der Waals surface area contributed by atoms with Gasteiger partial charge < -0.3 is 10.1 Å². The van der Waals surface area contributed by atoms with E-state index in [1.165, 1.54) is 6.33 Å². The van der Waals surface area contributed by atoms with Crippen LogP contribution in [0, 0.1) is 25.2 Å². The Balaban J connectivity index is 2.33. The van der Waals surface area contributed by atoms with Crippen LogP contribution in [0.25, 0.3) is 0 Å². The highest BCUT2D eigenvalue weighted by Crippen LogP contribution is 2.27. The van der Waals surface area contributed by atoms with E-state index < -0.39 is 0 Å². The van der Waals surface area contributed by atoms with Crippen LogP contribution >= 0.6 is 0 Å². The van der Waals surface area contributed by atoms with Gasteiger partial charge in [-0.05, 0) is 37.1 Å². The third-order valence-electron chi connectivity index (χ3n) is 2.79. The van der Waals surface area contributed by atoms with Gasteiger partial charge in [0.1, 0.15) is 29.7 Å². The number of hydrogen-bond donors (Lipinski definition) is 1. The molecule has 1 aromatic carbocycles. The van der Waals surface area contributed by atoms with E-state index >= 15 is 0 Å². The molecule has 0 saturated carbocycles. The van der Waals surface area contributed by atoms with E-state index in [0.717, 1.165) is 22.6 Å². The molecule has 2 rings (SSSR count). The summed E-state index contributed by atoms with van der Waals surface area (Å²) >= 11 is 0. The zero-order valence-electron chi connectivity index (χ0n) is 11.1. The minimum absolute atomic E-state index is 0.334. The van der Waals surface area contributed by atoms with Gasteiger partial charge in [-0.15, -0.1) is 0 Å². The normalized spacial score (nSPS) is 9.79. The molecule has 0 aliphatic heterocycles. The molecule has 1 aromatic heterocycles. The predicted octanol–water partition coefficient (Wildman–Crippen LogP) is 2.72. The summed E-state index contributed by atoms with van der Waals surface area (Å²) in [6, 6.07) is 7.55. The Bertz CT molecular complexity index is 646. The van der Waals surface area contributed by atoms with Gasteiger partial charge in [-0.1, -0.05) is 0 Å². The van der Waals surface area contributed by atoms with Crippen molar-refractivity contribution in [1.29, 1.82) is 5.26 Å².